The number of aliphatic carboxylic acids is 1. The van der Waals surface area contributed by atoms with E-state index in [9.17, 15) is 4.79 Å². The molecule has 1 heterocycles. The Morgan fingerprint density at radius 1 is 1.60 bits per heavy atom. The molecule has 1 aliphatic rings. The summed E-state index contributed by atoms with van der Waals surface area (Å²) in [4.78, 5) is 15.0. The van der Waals surface area contributed by atoms with Crippen molar-refractivity contribution < 1.29 is 14.3 Å². The van der Waals surface area contributed by atoms with Crippen molar-refractivity contribution in [1.29, 1.82) is 0 Å². The summed E-state index contributed by atoms with van der Waals surface area (Å²) in [7, 11) is 0. The van der Waals surface area contributed by atoms with Gasteiger partial charge < -0.3 is 9.52 Å². The van der Waals surface area contributed by atoms with E-state index in [2.05, 4.69) is 4.98 Å². The normalized spacial score (nSPS) is 19.3. The van der Waals surface area contributed by atoms with Crippen molar-refractivity contribution in [2.45, 2.75) is 44.4 Å². The van der Waals surface area contributed by atoms with Gasteiger partial charge in [-0.1, -0.05) is 12.8 Å². The summed E-state index contributed by atoms with van der Waals surface area (Å²) in [6.07, 6.45) is 6.14. The van der Waals surface area contributed by atoms with E-state index in [1.54, 1.807) is 6.92 Å². The summed E-state index contributed by atoms with van der Waals surface area (Å²) in [6, 6.07) is 0. The zero-order chi connectivity index (χ0) is 10.8. The molecule has 2 rings (SSSR count). The van der Waals surface area contributed by atoms with Gasteiger partial charge in [-0.25, -0.2) is 4.98 Å². The van der Waals surface area contributed by atoms with E-state index >= 15 is 0 Å². The van der Waals surface area contributed by atoms with Crippen LogP contribution in [0.1, 0.15) is 56.0 Å². The average molecular weight is 209 g/mol. The lowest BCUT2D eigenvalue weighted by molar-refractivity contribution is -0.138. The first-order valence-electron chi connectivity index (χ1n) is 5.36. The molecule has 1 aromatic rings. The number of carbonyl (C=O) groups is 1. The summed E-state index contributed by atoms with van der Waals surface area (Å²) in [5.74, 6) is -0.319. The number of carboxylic acid groups (broad SMARTS) is 1. The van der Waals surface area contributed by atoms with E-state index in [-0.39, 0.29) is 0 Å². The van der Waals surface area contributed by atoms with Gasteiger partial charge in [0.05, 0.1) is 11.6 Å². The van der Waals surface area contributed by atoms with Crippen LogP contribution < -0.4 is 0 Å². The molecule has 0 radical (unpaired) electrons. The fourth-order valence-electron chi connectivity index (χ4n) is 1.99. The van der Waals surface area contributed by atoms with Gasteiger partial charge in [-0.15, -0.1) is 0 Å². The third-order valence-electron chi connectivity index (χ3n) is 3.06. The number of hydrogen-bond donors (Lipinski definition) is 1. The van der Waals surface area contributed by atoms with Gasteiger partial charge in [0, 0.05) is 5.92 Å². The fourth-order valence-corrected chi connectivity index (χ4v) is 1.99. The number of hydrogen-bond acceptors (Lipinski definition) is 3. The quantitative estimate of drug-likeness (QED) is 0.830. The minimum atomic E-state index is -0.860. The number of rotatable bonds is 3. The lowest BCUT2D eigenvalue weighted by Gasteiger charge is -2.02. The predicted octanol–water partition coefficient (Wildman–Crippen LogP) is 2.52. The van der Waals surface area contributed by atoms with Crippen LogP contribution in [-0.4, -0.2) is 16.1 Å². The molecule has 4 heteroatoms. The summed E-state index contributed by atoms with van der Waals surface area (Å²) >= 11 is 0. The maximum Gasteiger partial charge on any atom is 0.312 e. The molecule has 1 N–H and O–H groups in total. The van der Waals surface area contributed by atoms with Crippen LogP contribution >= 0.6 is 0 Å². The molecule has 1 unspecified atom stereocenters. The fraction of sp³-hybridized carbons (Fsp3) is 0.636. The Morgan fingerprint density at radius 3 is 2.87 bits per heavy atom. The molecule has 0 amide bonds. The highest BCUT2D eigenvalue weighted by Crippen LogP contribution is 2.34. The van der Waals surface area contributed by atoms with Crippen molar-refractivity contribution in [2.75, 3.05) is 0 Å². The van der Waals surface area contributed by atoms with Crippen LogP contribution in [0.15, 0.2) is 10.7 Å². The van der Waals surface area contributed by atoms with Crippen LogP contribution in [0.4, 0.5) is 0 Å². The van der Waals surface area contributed by atoms with Crippen LogP contribution in [-0.2, 0) is 4.79 Å². The SMILES string of the molecule is CC(C(=O)O)c1coc(C2CCCC2)n1. The third-order valence-corrected chi connectivity index (χ3v) is 3.06. The second-order valence-electron chi connectivity index (χ2n) is 4.15. The molecule has 0 aliphatic heterocycles. The van der Waals surface area contributed by atoms with Crippen molar-refractivity contribution in [3.05, 3.63) is 17.8 Å². The Kier molecular flexibility index (Phi) is 2.75. The summed E-state index contributed by atoms with van der Waals surface area (Å²) in [5, 5.41) is 8.83. The average Bonchev–Trinajstić information content (AvgIpc) is 2.86. The second kappa shape index (κ2) is 4.04. The maximum atomic E-state index is 10.7. The zero-order valence-corrected chi connectivity index (χ0v) is 8.77. The third kappa shape index (κ3) is 2.03. The van der Waals surface area contributed by atoms with Crippen LogP contribution in [0.25, 0.3) is 0 Å². The van der Waals surface area contributed by atoms with Crippen LogP contribution in [0.3, 0.4) is 0 Å². The highest BCUT2D eigenvalue weighted by atomic mass is 16.4. The van der Waals surface area contributed by atoms with E-state index in [1.807, 2.05) is 0 Å². The smallest absolute Gasteiger partial charge is 0.312 e. The molecule has 0 bridgehead atoms. The molecule has 82 valence electrons. The standard InChI is InChI=1S/C11H15NO3/c1-7(11(13)14)9-6-15-10(12-9)8-4-2-3-5-8/h6-8H,2-5H2,1H3,(H,13,14). The molecule has 1 atom stereocenters. The molecular formula is C11H15NO3. The Hall–Kier alpha value is -1.32. The molecular weight excluding hydrogens is 194 g/mol. The van der Waals surface area contributed by atoms with Gasteiger partial charge in [-0.3, -0.25) is 4.79 Å². The Labute approximate surface area is 88.3 Å². The number of nitrogens with zero attached hydrogens (tertiary/aromatic N) is 1. The number of oxazole rings is 1. The lowest BCUT2D eigenvalue weighted by atomic mass is 10.1. The van der Waals surface area contributed by atoms with Gasteiger partial charge in [0.2, 0.25) is 0 Å². The minimum Gasteiger partial charge on any atom is -0.481 e. The second-order valence-corrected chi connectivity index (χ2v) is 4.15. The maximum absolute atomic E-state index is 10.7. The Balaban J connectivity index is 2.12. The van der Waals surface area contributed by atoms with Crippen molar-refractivity contribution in [1.82, 2.24) is 4.98 Å². The highest BCUT2D eigenvalue weighted by Gasteiger charge is 2.24. The molecule has 4 nitrogen and oxygen atoms in total. The van der Waals surface area contributed by atoms with Gasteiger partial charge >= 0.3 is 5.97 Å². The lowest BCUT2D eigenvalue weighted by Crippen LogP contribution is -2.08. The van der Waals surface area contributed by atoms with Gasteiger partial charge in [-0.2, -0.15) is 0 Å². The summed E-state index contributed by atoms with van der Waals surface area (Å²) in [6.45, 7) is 1.62. The molecule has 1 aromatic heterocycles. The molecule has 1 fully saturated rings. The summed E-state index contributed by atoms with van der Waals surface area (Å²) < 4.78 is 5.35. The van der Waals surface area contributed by atoms with Crippen LogP contribution in [0.2, 0.25) is 0 Å². The number of carboxylic acids is 1. The van der Waals surface area contributed by atoms with Crippen molar-refractivity contribution in [3.8, 4) is 0 Å². The van der Waals surface area contributed by atoms with Crippen molar-refractivity contribution >= 4 is 5.97 Å². The van der Waals surface area contributed by atoms with E-state index in [0.717, 1.165) is 18.7 Å². The molecule has 0 aromatic carbocycles. The molecule has 15 heavy (non-hydrogen) atoms. The first kappa shape index (κ1) is 10.2. The molecule has 1 saturated carbocycles. The largest absolute Gasteiger partial charge is 0.481 e. The van der Waals surface area contributed by atoms with Gasteiger partial charge in [0.1, 0.15) is 6.26 Å². The van der Waals surface area contributed by atoms with Crippen molar-refractivity contribution in [2.24, 2.45) is 0 Å². The van der Waals surface area contributed by atoms with Crippen molar-refractivity contribution in [3.63, 3.8) is 0 Å². The van der Waals surface area contributed by atoms with E-state index in [0.29, 0.717) is 11.6 Å². The number of aromatic nitrogens is 1. The van der Waals surface area contributed by atoms with E-state index in [4.69, 9.17) is 9.52 Å². The van der Waals surface area contributed by atoms with Gasteiger partial charge in [-0.05, 0) is 19.8 Å². The van der Waals surface area contributed by atoms with Gasteiger partial charge in [0.15, 0.2) is 5.89 Å². The molecule has 0 spiro atoms. The van der Waals surface area contributed by atoms with Gasteiger partial charge in [0.25, 0.3) is 0 Å². The first-order valence-corrected chi connectivity index (χ1v) is 5.36. The Morgan fingerprint density at radius 2 is 2.27 bits per heavy atom. The monoisotopic (exact) mass is 209 g/mol. The first-order chi connectivity index (χ1) is 7.18. The van der Waals surface area contributed by atoms with E-state index in [1.165, 1.54) is 19.1 Å². The molecule has 1 aliphatic carbocycles. The summed E-state index contributed by atoms with van der Waals surface area (Å²) in [5.41, 5.74) is 0.532. The van der Waals surface area contributed by atoms with E-state index < -0.39 is 11.9 Å². The predicted molar refractivity (Wildman–Crippen MR) is 53.8 cm³/mol. The molecule has 0 saturated heterocycles. The minimum absolute atomic E-state index is 0.403. The topological polar surface area (TPSA) is 63.3 Å². The Bertz CT molecular complexity index is 352. The van der Waals surface area contributed by atoms with Crippen LogP contribution in [0.5, 0.6) is 0 Å². The zero-order valence-electron chi connectivity index (χ0n) is 8.77. The van der Waals surface area contributed by atoms with Crippen LogP contribution in [0, 0.1) is 0 Å². The highest BCUT2D eigenvalue weighted by molar-refractivity contribution is 5.74.